The third kappa shape index (κ3) is 3.95. The molecule has 0 aliphatic rings. The second-order valence-corrected chi connectivity index (χ2v) is 4.65. The zero-order valence-electron chi connectivity index (χ0n) is 8.52. The first-order valence-corrected chi connectivity index (χ1v) is 5.78. The molecule has 0 aliphatic heterocycles. The van der Waals surface area contributed by atoms with E-state index in [-0.39, 0.29) is 5.69 Å². The van der Waals surface area contributed by atoms with Gasteiger partial charge in [0.2, 0.25) is 0 Å². The van der Waals surface area contributed by atoms with Gasteiger partial charge in [-0.05, 0) is 6.42 Å². The van der Waals surface area contributed by atoms with Crippen molar-refractivity contribution in [3.8, 4) is 0 Å². The first-order valence-electron chi connectivity index (χ1n) is 4.87. The molecule has 15 heavy (non-hydrogen) atoms. The second kappa shape index (κ2) is 5.80. The lowest BCUT2D eigenvalue weighted by molar-refractivity contribution is -0.385. The smallest absolute Gasteiger partial charge is 0.261 e. The van der Waals surface area contributed by atoms with Crippen LogP contribution in [-0.2, 0) is 6.42 Å². The molecule has 1 atom stereocenters. The average molecular weight is 273 g/mol. The van der Waals surface area contributed by atoms with E-state index in [4.69, 9.17) is 0 Å². The Balaban J connectivity index is 2.69. The lowest BCUT2D eigenvalue weighted by Gasteiger charge is -2.06. The Kier molecular flexibility index (Phi) is 4.68. The van der Waals surface area contributed by atoms with Crippen molar-refractivity contribution < 1.29 is 4.92 Å². The number of nitro groups is 1. The predicted molar refractivity (Wildman–Crippen MR) is 62.2 cm³/mol. The zero-order chi connectivity index (χ0) is 11.3. The van der Waals surface area contributed by atoms with Crippen molar-refractivity contribution in [1.82, 2.24) is 4.98 Å². The van der Waals surface area contributed by atoms with E-state index in [9.17, 15) is 10.1 Å². The number of aromatic nitrogens is 1. The first-order chi connectivity index (χ1) is 7.13. The summed E-state index contributed by atoms with van der Waals surface area (Å²) in [6.45, 7) is 2.11. The van der Waals surface area contributed by atoms with Crippen LogP contribution in [-0.4, -0.2) is 14.7 Å². The van der Waals surface area contributed by atoms with E-state index in [1.165, 1.54) is 18.3 Å². The maximum atomic E-state index is 10.5. The highest BCUT2D eigenvalue weighted by atomic mass is 79.9. The van der Waals surface area contributed by atoms with E-state index in [0.29, 0.717) is 4.83 Å². The molecule has 1 aromatic rings. The van der Waals surface area contributed by atoms with Gasteiger partial charge in [0.25, 0.3) is 5.69 Å². The van der Waals surface area contributed by atoms with Gasteiger partial charge in [-0.15, -0.1) is 0 Å². The van der Waals surface area contributed by atoms with E-state index < -0.39 is 4.92 Å². The second-order valence-electron chi connectivity index (χ2n) is 3.35. The lowest BCUT2D eigenvalue weighted by atomic mass is 10.1. The molecule has 82 valence electrons. The number of alkyl halides is 1. The number of nitrogens with zero attached hydrogens (tertiary/aromatic N) is 2. The van der Waals surface area contributed by atoms with Gasteiger partial charge >= 0.3 is 0 Å². The number of rotatable bonds is 5. The summed E-state index contributed by atoms with van der Waals surface area (Å²) in [7, 11) is 0. The molecule has 1 rings (SSSR count). The van der Waals surface area contributed by atoms with Crippen LogP contribution in [0.2, 0.25) is 0 Å². The van der Waals surface area contributed by atoms with Crippen molar-refractivity contribution >= 4 is 21.6 Å². The summed E-state index contributed by atoms with van der Waals surface area (Å²) >= 11 is 3.53. The van der Waals surface area contributed by atoms with Crippen molar-refractivity contribution in [1.29, 1.82) is 0 Å². The van der Waals surface area contributed by atoms with E-state index in [1.807, 2.05) is 0 Å². The highest BCUT2D eigenvalue weighted by Gasteiger charge is 2.10. The molecule has 0 amide bonds. The van der Waals surface area contributed by atoms with Gasteiger partial charge in [0.15, 0.2) is 0 Å². The lowest BCUT2D eigenvalue weighted by Crippen LogP contribution is -2.04. The van der Waals surface area contributed by atoms with Crippen LogP contribution >= 0.6 is 15.9 Å². The maximum absolute atomic E-state index is 10.5. The van der Waals surface area contributed by atoms with Crippen LogP contribution in [0.15, 0.2) is 18.3 Å². The molecule has 1 heterocycles. The van der Waals surface area contributed by atoms with E-state index in [1.54, 1.807) is 0 Å². The van der Waals surface area contributed by atoms with Crippen LogP contribution < -0.4 is 0 Å². The van der Waals surface area contributed by atoms with Crippen LogP contribution in [0, 0.1) is 10.1 Å². The molecule has 1 unspecified atom stereocenters. The van der Waals surface area contributed by atoms with Crippen LogP contribution in [0.25, 0.3) is 0 Å². The summed E-state index contributed by atoms with van der Waals surface area (Å²) < 4.78 is 0. The van der Waals surface area contributed by atoms with Gasteiger partial charge in [-0.3, -0.25) is 15.1 Å². The number of halogens is 1. The van der Waals surface area contributed by atoms with E-state index in [0.717, 1.165) is 25.0 Å². The zero-order valence-corrected chi connectivity index (χ0v) is 10.1. The minimum absolute atomic E-state index is 0.108. The minimum Gasteiger partial charge on any atom is -0.261 e. The van der Waals surface area contributed by atoms with Gasteiger partial charge in [-0.1, -0.05) is 29.3 Å². The summed E-state index contributed by atoms with van der Waals surface area (Å²) in [5, 5.41) is 10.5. The molecular formula is C10H13BrN2O2. The van der Waals surface area contributed by atoms with Gasteiger partial charge < -0.3 is 0 Å². The fourth-order valence-electron chi connectivity index (χ4n) is 1.33. The molecule has 0 saturated carbocycles. The summed E-state index contributed by atoms with van der Waals surface area (Å²) in [6, 6.07) is 2.94. The molecule has 0 spiro atoms. The summed E-state index contributed by atoms with van der Waals surface area (Å²) in [6.07, 6.45) is 4.35. The number of pyridine rings is 1. The van der Waals surface area contributed by atoms with Crippen LogP contribution in [0.5, 0.6) is 0 Å². The van der Waals surface area contributed by atoms with Crippen molar-refractivity contribution in [2.45, 2.75) is 31.0 Å². The predicted octanol–water partition coefficient (Wildman–Crippen LogP) is 3.10. The van der Waals surface area contributed by atoms with E-state index >= 15 is 0 Å². The molecule has 1 aromatic heterocycles. The molecule has 0 N–H and O–H groups in total. The Morgan fingerprint density at radius 2 is 2.40 bits per heavy atom. The molecular weight excluding hydrogens is 260 g/mol. The summed E-state index contributed by atoms with van der Waals surface area (Å²) in [4.78, 5) is 14.6. The Morgan fingerprint density at radius 3 is 3.00 bits per heavy atom. The molecule has 5 heteroatoms. The van der Waals surface area contributed by atoms with Gasteiger partial charge in [0, 0.05) is 35.3 Å². The number of hydrogen-bond acceptors (Lipinski definition) is 3. The van der Waals surface area contributed by atoms with Gasteiger partial charge in [-0.25, -0.2) is 0 Å². The quantitative estimate of drug-likeness (QED) is 0.470. The molecule has 0 aliphatic carbocycles. The fourth-order valence-corrected chi connectivity index (χ4v) is 2.12. The molecule has 0 bridgehead atoms. The molecule has 0 radical (unpaired) electrons. The first kappa shape index (κ1) is 12.1. The van der Waals surface area contributed by atoms with Crippen LogP contribution in [0.1, 0.15) is 25.5 Å². The fraction of sp³-hybridized carbons (Fsp3) is 0.500. The molecule has 0 fully saturated rings. The monoisotopic (exact) mass is 272 g/mol. The van der Waals surface area contributed by atoms with Gasteiger partial charge in [0.1, 0.15) is 0 Å². The Morgan fingerprint density at radius 1 is 1.67 bits per heavy atom. The number of hydrogen-bond donors (Lipinski definition) is 0. The molecule has 0 saturated heterocycles. The highest BCUT2D eigenvalue weighted by Crippen LogP contribution is 2.17. The topological polar surface area (TPSA) is 56.0 Å². The van der Waals surface area contributed by atoms with Crippen molar-refractivity contribution in [3.63, 3.8) is 0 Å². The standard InChI is InChI=1S/C10H13BrN2O2/c1-2-3-8(11)6-9-7-10(13(14)15)4-5-12-9/h4-5,7-8H,2-3,6H2,1H3. The van der Waals surface area contributed by atoms with Crippen LogP contribution in [0.4, 0.5) is 5.69 Å². The third-order valence-corrected chi connectivity index (χ3v) is 2.83. The van der Waals surface area contributed by atoms with E-state index in [2.05, 4.69) is 27.8 Å². The van der Waals surface area contributed by atoms with Crippen molar-refractivity contribution in [2.75, 3.05) is 0 Å². The van der Waals surface area contributed by atoms with Crippen molar-refractivity contribution in [3.05, 3.63) is 34.1 Å². The maximum Gasteiger partial charge on any atom is 0.272 e. The van der Waals surface area contributed by atoms with Crippen molar-refractivity contribution in [2.24, 2.45) is 0 Å². The van der Waals surface area contributed by atoms with Gasteiger partial charge in [-0.2, -0.15) is 0 Å². The van der Waals surface area contributed by atoms with Gasteiger partial charge in [0.05, 0.1) is 4.92 Å². The van der Waals surface area contributed by atoms with Crippen LogP contribution in [0.3, 0.4) is 0 Å². The highest BCUT2D eigenvalue weighted by molar-refractivity contribution is 9.09. The molecule has 4 nitrogen and oxygen atoms in total. The SMILES string of the molecule is CCCC(Br)Cc1cc([N+](=O)[O-])ccn1. The Hall–Kier alpha value is -0.970. The largest absolute Gasteiger partial charge is 0.272 e. The normalized spacial score (nSPS) is 12.4. The summed E-state index contributed by atoms with van der Waals surface area (Å²) in [5.74, 6) is 0. The molecule has 0 aromatic carbocycles. The Bertz CT molecular complexity index is 344. The third-order valence-electron chi connectivity index (χ3n) is 2.04. The Labute approximate surface area is 97.0 Å². The summed E-state index contributed by atoms with van der Waals surface area (Å²) in [5.41, 5.74) is 0.871. The minimum atomic E-state index is -0.395. The average Bonchev–Trinajstić information content (AvgIpc) is 2.18.